The molecule has 2 aliphatic heterocycles. The molecule has 22 heavy (non-hydrogen) atoms. The van der Waals surface area contributed by atoms with Crippen LogP contribution in [0.3, 0.4) is 0 Å². The molecular formula is C15H17BrN2O4. The van der Waals surface area contributed by atoms with Gasteiger partial charge in [-0.15, -0.1) is 0 Å². The van der Waals surface area contributed by atoms with E-state index in [-0.39, 0.29) is 30.1 Å². The lowest BCUT2D eigenvalue weighted by atomic mass is 9.93. The largest absolute Gasteiger partial charge is 0.493 e. The predicted octanol–water partition coefficient (Wildman–Crippen LogP) is 0.875. The van der Waals surface area contributed by atoms with Crippen LogP contribution in [-0.4, -0.2) is 47.1 Å². The molecule has 1 N–H and O–H groups in total. The number of nitrogens with one attached hydrogen (secondary N) is 1. The Morgan fingerprint density at radius 3 is 2.91 bits per heavy atom. The number of amides is 3. The van der Waals surface area contributed by atoms with Crippen LogP contribution in [0.25, 0.3) is 0 Å². The van der Waals surface area contributed by atoms with Crippen LogP contribution in [0.1, 0.15) is 19.3 Å². The molecule has 0 saturated carbocycles. The Balaban J connectivity index is 1.81. The minimum Gasteiger partial charge on any atom is -0.493 e. The zero-order valence-corrected chi connectivity index (χ0v) is 13.6. The van der Waals surface area contributed by atoms with Gasteiger partial charge in [-0.05, 0) is 18.9 Å². The van der Waals surface area contributed by atoms with Crippen molar-refractivity contribution in [3.05, 3.63) is 23.5 Å². The lowest BCUT2D eigenvalue weighted by Gasteiger charge is -2.29. The molecule has 2 unspecified atom stereocenters. The summed E-state index contributed by atoms with van der Waals surface area (Å²) < 4.78 is 5.69. The number of alkyl halides is 1. The van der Waals surface area contributed by atoms with Gasteiger partial charge in [-0.2, -0.15) is 0 Å². The summed E-state index contributed by atoms with van der Waals surface area (Å²) in [4.78, 5) is 37.5. The first-order chi connectivity index (χ1) is 10.6. The highest BCUT2D eigenvalue weighted by molar-refractivity contribution is 9.09. The van der Waals surface area contributed by atoms with Crippen molar-refractivity contribution in [1.29, 1.82) is 0 Å². The average Bonchev–Trinajstić information content (AvgIpc) is 2.83. The summed E-state index contributed by atoms with van der Waals surface area (Å²) in [5, 5.41) is 3.03. The number of fused-ring (bicyclic) bond motifs is 1. The second kappa shape index (κ2) is 6.24. The topological polar surface area (TPSA) is 75.7 Å². The Kier molecular flexibility index (Phi) is 4.33. The molecule has 3 amide bonds. The standard InChI is InChI=1S/C15H17BrN2O4/c16-6-7-22-12-3-1-2-9-10(12)8-18(15(9)21)11-4-5-13(19)17-14(11)20/h1,3,9,11H,2,4-8H2,(H,17,19,20). The van der Waals surface area contributed by atoms with Gasteiger partial charge < -0.3 is 9.64 Å². The zero-order valence-electron chi connectivity index (χ0n) is 12.0. The van der Waals surface area contributed by atoms with Gasteiger partial charge in [-0.3, -0.25) is 19.7 Å². The Morgan fingerprint density at radius 2 is 2.18 bits per heavy atom. The normalized spacial score (nSPS) is 28.0. The molecule has 118 valence electrons. The molecule has 3 aliphatic rings. The molecule has 1 aliphatic carbocycles. The first-order valence-electron chi connectivity index (χ1n) is 7.34. The van der Waals surface area contributed by atoms with Crippen molar-refractivity contribution < 1.29 is 19.1 Å². The lowest BCUT2D eigenvalue weighted by Crippen LogP contribution is -2.53. The summed E-state index contributed by atoms with van der Waals surface area (Å²) in [6, 6.07) is -0.555. The second-order valence-corrected chi connectivity index (χ2v) is 6.34. The third kappa shape index (κ3) is 2.69. The Labute approximate surface area is 136 Å². The quantitative estimate of drug-likeness (QED) is 0.590. The van der Waals surface area contributed by atoms with E-state index in [0.29, 0.717) is 31.3 Å². The number of carbonyl (C=O) groups is 3. The fourth-order valence-corrected chi connectivity index (χ4v) is 3.33. The highest BCUT2D eigenvalue weighted by Gasteiger charge is 2.44. The van der Waals surface area contributed by atoms with Crippen molar-refractivity contribution in [3.63, 3.8) is 0 Å². The summed E-state index contributed by atoms with van der Waals surface area (Å²) in [5.41, 5.74) is 0.943. The first kappa shape index (κ1) is 15.3. The number of halogens is 1. The predicted molar refractivity (Wildman–Crippen MR) is 81.9 cm³/mol. The van der Waals surface area contributed by atoms with Crippen molar-refractivity contribution in [2.24, 2.45) is 5.92 Å². The number of hydrogen-bond donors (Lipinski definition) is 1. The molecule has 2 heterocycles. The molecule has 7 heteroatoms. The molecule has 2 fully saturated rings. The summed E-state index contributed by atoms with van der Waals surface area (Å²) in [6.07, 6.45) is 5.13. The Hall–Kier alpha value is -1.63. The van der Waals surface area contributed by atoms with E-state index in [1.807, 2.05) is 12.2 Å². The van der Waals surface area contributed by atoms with Crippen LogP contribution in [0.5, 0.6) is 0 Å². The zero-order chi connectivity index (χ0) is 15.7. The van der Waals surface area contributed by atoms with Crippen molar-refractivity contribution in [3.8, 4) is 0 Å². The number of imide groups is 1. The monoisotopic (exact) mass is 368 g/mol. The van der Waals surface area contributed by atoms with Crippen LogP contribution in [0, 0.1) is 5.92 Å². The molecule has 2 saturated heterocycles. The maximum absolute atomic E-state index is 12.6. The minimum atomic E-state index is -0.555. The number of allylic oxidation sites excluding steroid dienone is 2. The molecule has 0 spiro atoms. The van der Waals surface area contributed by atoms with E-state index in [9.17, 15) is 14.4 Å². The lowest BCUT2D eigenvalue weighted by molar-refractivity contribution is -0.144. The first-order valence-corrected chi connectivity index (χ1v) is 8.46. The van der Waals surface area contributed by atoms with Crippen LogP contribution < -0.4 is 5.32 Å². The van der Waals surface area contributed by atoms with Gasteiger partial charge in [0.1, 0.15) is 11.8 Å². The van der Waals surface area contributed by atoms with E-state index < -0.39 is 6.04 Å². The van der Waals surface area contributed by atoms with E-state index in [4.69, 9.17) is 4.74 Å². The molecule has 0 aromatic heterocycles. The van der Waals surface area contributed by atoms with Gasteiger partial charge in [-0.1, -0.05) is 22.0 Å². The second-order valence-electron chi connectivity index (χ2n) is 5.55. The summed E-state index contributed by atoms with van der Waals surface area (Å²) >= 11 is 3.31. The average molecular weight is 369 g/mol. The van der Waals surface area contributed by atoms with Crippen molar-refractivity contribution in [2.45, 2.75) is 25.3 Å². The Bertz CT molecular complexity index is 584. The molecular weight excluding hydrogens is 352 g/mol. The highest BCUT2D eigenvalue weighted by Crippen LogP contribution is 2.36. The molecule has 3 rings (SSSR count). The third-order valence-electron chi connectivity index (χ3n) is 4.22. The SMILES string of the molecule is O=C1CCC(N2CC3=C(OCCBr)C=CCC3C2=O)C(=O)N1. The number of nitrogens with zero attached hydrogens (tertiary/aromatic N) is 1. The van der Waals surface area contributed by atoms with Crippen LogP contribution >= 0.6 is 15.9 Å². The van der Waals surface area contributed by atoms with Gasteiger partial charge in [0.25, 0.3) is 0 Å². The number of rotatable bonds is 4. The minimum absolute atomic E-state index is 0.0474. The molecule has 2 atom stereocenters. The fraction of sp³-hybridized carbons (Fsp3) is 0.533. The van der Waals surface area contributed by atoms with E-state index in [0.717, 1.165) is 11.3 Å². The van der Waals surface area contributed by atoms with Gasteiger partial charge in [-0.25, -0.2) is 0 Å². The number of carbonyl (C=O) groups excluding carboxylic acids is 3. The highest BCUT2D eigenvalue weighted by atomic mass is 79.9. The van der Waals surface area contributed by atoms with Crippen LogP contribution in [0.15, 0.2) is 23.5 Å². The van der Waals surface area contributed by atoms with Gasteiger partial charge in [0.2, 0.25) is 17.7 Å². The maximum atomic E-state index is 12.6. The maximum Gasteiger partial charge on any atom is 0.249 e. The summed E-state index contributed by atoms with van der Waals surface area (Å²) in [5.74, 6) is -0.194. The van der Waals surface area contributed by atoms with Crippen molar-refractivity contribution >= 4 is 33.7 Å². The Morgan fingerprint density at radius 1 is 1.36 bits per heavy atom. The van der Waals surface area contributed by atoms with E-state index in [1.165, 1.54) is 0 Å². The number of ether oxygens (including phenoxy) is 1. The van der Waals surface area contributed by atoms with Crippen molar-refractivity contribution in [1.82, 2.24) is 10.2 Å². The molecule has 0 radical (unpaired) electrons. The third-order valence-corrected chi connectivity index (χ3v) is 4.54. The number of hydrogen-bond acceptors (Lipinski definition) is 4. The van der Waals surface area contributed by atoms with Crippen LogP contribution in [0.4, 0.5) is 0 Å². The van der Waals surface area contributed by atoms with E-state index in [2.05, 4.69) is 21.2 Å². The van der Waals surface area contributed by atoms with Gasteiger partial charge in [0.05, 0.1) is 12.5 Å². The van der Waals surface area contributed by atoms with Crippen LogP contribution in [0.2, 0.25) is 0 Å². The van der Waals surface area contributed by atoms with E-state index in [1.54, 1.807) is 4.90 Å². The number of likely N-dealkylation sites (tertiary alicyclic amines) is 1. The van der Waals surface area contributed by atoms with E-state index >= 15 is 0 Å². The number of piperidine rings is 1. The molecule has 0 aromatic carbocycles. The van der Waals surface area contributed by atoms with Gasteiger partial charge in [0, 0.05) is 23.9 Å². The van der Waals surface area contributed by atoms with Gasteiger partial charge in [0.15, 0.2) is 0 Å². The van der Waals surface area contributed by atoms with Gasteiger partial charge >= 0.3 is 0 Å². The molecule has 0 bridgehead atoms. The molecule has 0 aromatic rings. The summed E-state index contributed by atoms with van der Waals surface area (Å²) in [6.45, 7) is 0.931. The van der Waals surface area contributed by atoms with Crippen LogP contribution in [-0.2, 0) is 19.1 Å². The smallest absolute Gasteiger partial charge is 0.249 e. The fourth-order valence-electron chi connectivity index (χ4n) is 3.16. The molecule has 6 nitrogen and oxygen atoms in total. The van der Waals surface area contributed by atoms with Crippen molar-refractivity contribution in [2.75, 3.05) is 18.5 Å². The summed E-state index contributed by atoms with van der Waals surface area (Å²) in [7, 11) is 0.